The van der Waals surface area contributed by atoms with E-state index in [2.05, 4.69) is 44.6 Å². The molecular weight excluding hydrogens is 438 g/mol. The molecule has 0 spiro atoms. The maximum Gasteiger partial charge on any atom is 0.255 e. The summed E-state index contributed by atoms with van der Waals surface area (Å²) in [6.07, 6.45) is 6.85. The minimum atomic E-state index is -0.0715. The van der Waals surface area contributed by atoms with E-state index in [4.69, 9.17) is 4.74 Å². The zero-order chi connectivity index (χ0) is 22.1. The first kappa shape index (κ1) is 23.5. The number of hydrogen-bond donors (Lipinski definition) is 3. The molecule has 176 valence electrons. The Balaban J connectivity index is 0.00000259. The summed E-state index contributed by atoms with van der Waals surface area (Å²) in [5, 5.41) is 6.53. The number of rotatable bonds is 7. The molecule has 1 aliphatic carbocycles. The molecule has 3 aromatic rings. The SMILES string of the molecule is CCc1ccc(OCC2CC2)c(-c2ncnc3c(C(=O)NC4CCNCC4)c(C)[nH]c23)c1.Cl. The summed E-state index contributed by atoms with van der Waals surface area (Å²) in [7, 11) is 0. The van der Waals surface area contributed by atoms with Gasteiger partial charge in [-0.05, 0) is 75.7 Å². The fourth-order valence-corrected chi connectivity index (χ4v) is 4.43. The summed E-state index contributed by atoms with van der Waals surface area (Å²) in [5.41, 5.74) is 5.80. The van der Waals surface area contributed by atoms with Crippen molar-refractivity contribution in [2.75, 3.05) is 19.7 Å². The Morgan fingerprint density at radius 2 is 1.97 bits per heavy atom. The molecule has 5 rings (SSSR count). The summed E-state index contributed by atoms with van der Waals surface area (Å²) in [6.45, 7) is 6.67. The molecular formula is C25H32ClN5O2. The standard InChI is InChI=1S/C25H31N5O2.ClH/c1-3-16-6-7-20(32-13-17-4-5-17)19(12-16)22-24-23(28-14-27-22)21(15(2)29-24)25(31)30-18-8-10-26-11-9-18;/h6-7,12,14,17-18,26,29H,3-5,8-11,13H2,1-2H3,(H,30,31);1H. The average molecular weight is 470 g/mol. The molecule has 3 N–H and O–H groups in total. The van der Waals surface area contributed by atoms with Crippen LogP contribution < -0.4 is 15.4 Å². The molecule has 2 aromatic heterocycles. The number of piperidine rings is 1. The van der Waals surface area contributed by atoms with Crippen LogP contribution in [-0.4, -0.2) is 46.6 Å². The number of ether oxygens (including phenoxy) is 1. The normalized spacial score (nSPS) is 16.4. The Bertz CT molecular complexity index is 1140. The van der Waals surface area contributed by atoms with Crippen LogP contribution in [0, 0.1) is 12.8 Å². The van der Waals surface area contributed by atoms with Gasteiger partial charge in [-0.3, -0.25) is 4.79 Å². The monoisotopic (exact) mass is 469 g/mol. The van der Waals surface area contributed by atoms with Gasteiger partial charge in [0, 0.05) is 17.3 Å². The van der Waals surface area contributed by atoms with Crippen molar-refractivity contribution >= 4 is 29.3 Å². The Kier molecular flexibility index (Phi) is 7.20. The summed E-state index contributed by atoms with van der Waals surface area (Å²) >= 11 is 0. The van der Waals surface area contributed by atoms with Gasteiger partial charge in [0.05, 0.1) is 17.7 Å². The number of carbonyl (C=O) groups excluding carboxylic acids is 1. The van der Waals surface area contributed by atoms with Gasteiger partial charge in [-0.1, -0.05) is 13.0 Å². The van der Waals surface area contributed by atoms with Crippen molar-refractivity contribution in [3.8, 4) is 17.0 Å². The molecule has 33 heavy (non-hydrogen) atoms. The van der Waals surface area contributed by atoms with Crippen LogP contribution in [0.3, 0.4) is 0 Å². The number of carbonyl (C=O) groups is 1. The second-order valence-electron chi connectivity index (χ2n) is 9.01. The number of fused-ring (bicyclic) bond motifs is 1. The number of H-pyrrole nitrogens is 1. The molecule has 0 bridgehead atoms. The number of hydrogen-bond acceptors (Lipinski definition) is 5. The number of aryl methyl sites for hydroxylation is 2. The van der Waals surface area contributed by atoms with Crippen molar-refractivity contribution < 1.29 is 9.53 Å². The lowest BCUT2D eigenvalue weighted by Crippen LogP contribution is -2.42. The highest BCUT2D eigenvalue weighted by atomic mass is 35.5. The average Bonchev–Trinajstić information content (AvgIpc) is 3.58. The van der Waals surface area contributed by atoms with Crippen molar-refractivity contribution in [1.29, 1.82) is 0 Å². The fourth-order valence-electron chi connectivity index (χ4n) is 4.43. The largest absolute Gasteiger partial charge is 0.493 e. The zero-order valence-corrected chi connectivity index (χ0v) is 20.1. The number of aromatic nitrogens is 3. The van der Waals surface area contributed by atoms with Gasteiger partial charge in [0.15, 0.2) is 0 Å². The number of nitrogens with one attached hydrogen (secondary N) is 3. The Morgan fingerprint density at radius 1 is 1.18 bits per heavy atom. The van der Waals surface area contributed by atoms with Crippen LogP contribution >= 0.6 is 12.4 Å². The zero-order valence-electron chi connectivity index (χ0n) is 19.2. The van der Waals surface area contributed by atoms with Gasteiger partial charge in [0.2, 0.25) is 0 Å². The van der Waals surface area contributed by atoms with E-state index in [9.17, 15) is 4.79 Å². The minimum absolute atomic E-state index is 0. The predicted octanol–water partition coefficient (Wildman–Crippen LogP) is 4.19. The number of nitrogens with zero attached hydrogens (tertiary/aromatic N) is 2. The van der Waals surface area contributed by atoms with Crippen molar-refractivity contribution in [1.82, 2.24) is 25.6 Å². The molecule has 0 atom stereocenters. The molecule has 0 unspecified atom stereocenters. The molecule has 1 aliphatic heterocycles. The van der Waals surface area contributed by atoms with E-state index in [0.717, 1.165) is 67.2 Å². The third-order valence-corrected chi connectivity index (χ3v) is 6.55. The number of aromatic amines is 1. The summed E-state index contributed by atoms with van der Waals surface area (Å²) in [5.74, 6) is 1.43. The van der Waals surface area contributed by atoms with Crippen molar-refractivity contribution in [3.63, 3.8) is 0 Å². The van der Waals surface area contributed by atoms with Gasteiger partial charge in [-0.25, -0.2) is 9.97 Å². The highest BCUT2D eigenvalue weighted by molar-refractivity contribution is 6.09. The minimum Gasteiger partial charge on any atom is -0.493 e. The molecule has 2 aliphatic rings. The van der Waals surface area contributed by atoms with E-state index in [1.165, 1.54) is 18.4 Å². The van der Waals surface area contributed by atoms with Crippen LogP contribution in [0.4, 0.5) is 0 Å². The van der Waals surface area contributed by atoms with Gasteiger partial charge in [-0.2, -0.15) is 0 Å². The van der Waals surface area contributed by atoms with E-state index in [-0.39, 0.29) is 24.4 Å². The molecule has 0 radical (unpaired) electrons. The van der Waals surface area contributed by atoms with E-state index in [1.54, 1.807) is 6.33 Å². The van der Waals surface area contributed by atoms with Crippen molar-refractivity contribution in [2.45, 2.75) is 52.0 Å². The first-order chi connectivity index (χ1) is 15.6. The first-order valence-electron chi connectivity index (χ1n) is 11.7. The topological polar surface area (TPSA) is 91.9 Å². The number of halogens is 1. The van der Waals surface area contributed by atoms with Gasteiger partial charge in [0.25, 0.3) is 5.91 Å². The van der Waals surface area contributed by atoms with E-state index < -0.39 is 0 Å². The predicted molar refractivity (Wildman–Crippen MR) is 132 cm³/mol. The van der Waals surface area contributed by atoms with Crippen molar-refractivity contribution in [3.05, 3.63) is 41.3 Å². The van der Waals surface area contributed by atoms with Crippen LogP contribution in [0.1, 0.15) is 54.2 Å². The molecule has 1 aromatic carbocycles. The molecule has 8 heteroatoms. The molecule has 1 amide bonds. The van der Waals surface area contributed by atoms with Crippen LogP contribution in [0.15, 0.2) is 24.5 Å². The maximum atomic E-state index is 13.2. The number of benzene rings is 1. The molecule has 1 saturated carbocycles. The summed E-state index contributed by atoms with van der Waals surface area (Å²) in [6, 6.07) is 6.50. The summed E-state index contributed by atoms with van der Waals surface area (Å²) in [4.78, 5) is 25.7. The number of amides is 1. The van der Waals surface area contributed by atoms with Gasteiger partial charge in [0.1, 0.15) is 23.3 Å². The lowest BCUT2D eigenvalue weighted by atomic mass is 10.0. The molecule has 7 nitrogen and oxygen atoms in total. The van der Waals surface area contributed by atoms with Gasteiger partial charge in [-0.15, -0.1) is 12.4 Å². The smallest absolute Gasteiger partial charge is 0.255 e. The van der Waals surface area contributed by atoms with Gasteiger partial charge >= 0.3 is 0 Å². The van der Waals surface area contributed by atoms with Crippen molar-refractivity contribution in [2.24, 2.45) is 5.92 Å². The maximum absolute atomic E-state index is 13.2. The second-order valence-corrected chi connectivity index (χ2v) is 9.01. The highest BCUT2D eigenvalue weighted by Gasteiger charge is 2.25. The van der Waals surface area contributed by atoms with Gasteiger partial charge < -0.3 is 20.4 Å². The Labute approximate surface area is 200 Å². The lowest BCUT2D eigenvalue weighted by molar-refractivity contribution is 0.0930. The van der Waals surface area contributed by atoms with E-state index in [0.29, 0.717) is 17.0 Å². The van der Waals surface area contributed by atoms with Crippen LogP contribution in [-0.2, 0) is 6.42 Å². The Hall–Kier alpha value is -2.64. The third-order valence-electron chi connectivity index (χ3n) is 6.55. The van der Waals surface area contributed by atoms with Crippen LogP contribution in [0.25, 0.3) is 22.3 Å². The third kappa shape index (κ3) is 4.99. The second kappa shape index (κ2) is 10.1. The van der Waals surface area contributed by atoms with E-state index >= 15 is 0 Å². The lowest BCUT2D eigenvalue weighted by Gasteiger charge is -2.23. The van der Waals surface area contributed by atoms with E-state index in [1.807, 2.05) is 13.0 Å². The molecule has 3 heterocycles. The quantitative estimate of drug-likeness (QED) is 0.482. The Morgan fingerprint density at radius 3 is 2.70 bits per heavy atom. The first-order valence-corrected chi connectivity index (χ1v) is 11.7. The molecule has 1 saturated heterocycles. The highest BCUT2D eigenvalue weighted by Crippen LogP contribution is 2.37. The van der Waals surface area contributed by atoms with Crippen LogP contribution in [0.5, 0.6) is 5.75 Å². The fraction of sp³-hybridized carbons (Fsp3) is 0.480. The van der Waals surface area contributed by atoms with Crippen LogP contribution in [0.2, 0.25) is 0 Å². The summed E-state index contributed by atoms with van der Waals surface area (Å²) < 4.78 is 6.19. The molecule has 2 fully saturated rings.